The van der Waals surface area contributed by atoms with Gasteiger partial charge in [0.15, 0.2) is 0 Å². The summed E-state index contributed by atoms with van der Waals surface area (Å²) < 4.78 is 18.4. The monoisotopic (exact) mass is 313 g/mol. The highest BCUT2D eigenvalue weighted by atomic mass is 19.1. The molecular weight excluding hydrogens is 293 g/mol. The Kier molecular flexibility index (Phi) is 5.48. The van der Waals surface area contributed by atoms with E-state index in [2.05, 4.69) is 0 Å². The number of hydrogen-bond acceptors (Lipinski definition) is 4. The van der Waals surface area contributed by atoms with Crippen molar-refractivity contribution in [3.8, 4) is 0 Å². The summed E-state index contributed by atoms with van der Waals surface area (Å²) in [6, 6.07) is 3.27. The molecule has 0 saturated carbocycles. The van der Waals surface area contributed by atoms with E-state index in [-0.39, 0.29) is 11.1 Å². The first kappa shape index (κ1) is 17.9. The van der Waals surface area contributed by atoms with Gasteiger partial charge in [-0.05, 0) is 45.9 Å². The summed E-state index contributed by atoms with van der Waals surface area (Å²) in [5.41, 5.74) is -0.655. The highest BCUT2D eigenvalue weighted by Gasteiger charge is 2.24. The normalized spacial score (nSPS) is 12.6. The fraction of sp³-hybridized carbons (Fsp3) is 0.467. The molecule has 0 saturated heterocycles. The Morgan fingerprint density at radius 2 is 1.91 bits per heavy atom. The van der Waals surface area contributed by atoms with Crippen LogP contribution in [0.1, 0.15) is 49.7 Å². The lowest BCUT2D eigenvalue weighted by atomic mass is 10.0. The van der Waals surface area contributed by atoms with Gasteiger partial charge in [0.2, 0.25) is 0 Å². The molecule has 0 aromatic heterocycles. The summed E-state index contributed by atoms with van der Waals surface area (Å²) in [7, 11) is 1.34. The molecule has 6 nitrogen and oxygen atoms in total. The van der Waals surface area contributed by atoms with Gasteiger partial charge in [0, 0.05) is 12.6 Å². The molecule has 0 fully saturated rings. The maximum atomic E-state index is 13.3. The fourth-order valence-corrected chi connectivity index (χ4v) is 1.73. The van der Waals surface area contributed by atoms with Crippen LogP contribution in [0.25, 0.3) is 0 Å². The van der Waals surface area contributed by atoms with Crippen LogP contribution in [0, 0.1) is 5.82 Å². The average Bonchev–Trinajstić information content (AvgIpc) is 2.35. The number of hydrogen-bond donors (Lipinski definition) is 1. The summed E-state index contributed by atoms with van der Waals surface area (Å²) in [5, 5.41) is 9.97. The van der Waals surface area contributed by atoms with Gasteiger partial charge < -0.3 is 9.84 Å². The molecule has 0 heterocycles. The molecule has 1 amide bonds. The molecule has 0 aliphatic carbocycles. The zero-order valence-electron chi connectivity index (χ0n) is 13.2. The van der Waals surface area contributed by atoms with Crippen LogP contribution in [-0.4, -0.2) is 34.9 Å². The second-order valence-corrected chi connectivity index (χ2v) is 5.76. The quantitative estimate of drug-likeness (QED) is 0.862. The van der Waals surface area contributed by atoms with Crippen LogP contribution in [0.5, 0.6) is 0 Å². The van der Waals surface area contributed by atoms with Crippen molar-refractivity contribution in [2.24, 2.45) is 0 Å². The Bertz CT molecular complexity index is 568. The van der Waals surface area contributed by atoms with Gasteiger partial charge in [-0.1, -0.05) is 0 Å². The van der Waals surface area contributed by atoms with Crippen LogP contribution in [0.4, 0.5) is 9.18 Å². The molecule has 1 rings (SSSR count). The van der Waals surface area contributed by atoms with Crippen molar-refractivity contribution in [2.45, 2.75) is 39.4 Å². The lowest BCUT2D eigenvalue weighted by molar-refractivity contribution is -0.164. The van der Waals surface area contributed by atoms with E-state index < -0.39 is 29.6 Å². The number of carboxylic acids is 1. The summed E-state index contributed by atoms with van der Waals surface area (Å²) >= 11 is 0. The van der Waals surface area contributed by atoms with Crippen molar-refractivity contribution in [1.29, 1.82) is 0 Å². The lowest BCUT2D eigenvalue weighted by Gasteiger charge is -2.26. The number of hydroxylamine groups is 2. The molecule has 1 aromatic rings. The van der Waals surface area contributed by atoms with Gasteiger partial charge in [0.25, 0.3) is 0 Å². The number of carboxylic acid groups (broad SMARTS) is 1. The molecule has 1 atom stereocenters. The molecule has 1 unspecified atom stereocenters. The first-order valence-corrected chi connectivity index (χ1v) is 6.67. The van der Waals surface area contributed by atoms with Crippen molar-refractivity contribution in [2.75, 3.05) is 7.05 Å². The standard InChI is InChI=1S/C15H20FNO5/c1-9(22-17(5)14(20)21-15(2,3)4)12-8-10(16)6-7-11(12)13(18)19/h6-9H,1-5H3,(H,18,19). The van der Waals surface area contributed by atoms with Gasteiger partial charge in [-0.25, -0.2) is 14.0 Å². The topological polar surface area (TPSA) is 76.1 Å². The van der Waals surface area contributed by atoms with Crippen molar-refractivity contribution in [3.63, 3.8) is 0 Å². The number of benzene rings is 1. The maximum Gasteiger partial charge on any atom is 0.434 e. The summed E-state index contributed by atoms with van der Waals surface area (Å²) in [4.78, 5) is 28.3. The highest BCUT2D eigenvalue weighted by Crippen LogP contribution is 2.24. The Balaban J connectivity index is 2.89. The van der Waals surface area contributed by atoms with Crippen LogP contribution < -0.4 is 0 Å². The minimum atomic E-state index is -1.20. The van der Waals surface area contributed by atoms with Crippen LogP contribution in [-0.2, 0) is 9.57 Å². The third kappa shape index (κ3) is 5.00. The number of rotatable bonds is 4. The summed E-state index contributed by atoms with van der Waals surface area (Å²) in [6.07, 6.45) is -1.58. The second-order valence-electron chi connectivity index (χ2n) is 5.76. The molecule has 7 heteroatoms. The molecule has 0 bridgehead atoms. The molecular formula is C15H20FNO5. The molecule has 1 N–H and O–H groups in total. The molecule has 0 radical (unpaired) electrons. The van der Waals surface area contributed by atoms with Gasteiger partial charge >= 0.3 is 12.1 Å². The van der Waals surface area contributed by atoms with E-state index in [0.717, 1.165) is 23.3 Å². The number of carbonyl (C=O) groups excluding carboxylic acids is 1. The Morgan fingerprint density at radius 3 is 2.41 bits per heavy atom. The van der Waals surface area contributed by atoms with E-state index in [1.807, 2.05) is 0 Å². The zero-order chi connectivity index (χ0) is 17.1. The number of ether oxygens (including phenoxy) is 1. The van der Waals surface area contributed by atoms with E-state index in [4.69, 9.17) is 14.7 Å². The third-order valence-corrected chi connectivity index (χ3v) is 2.65. The van der Waals surface area contributed by atoms with Crippen molar-refractivity contribution in [1.82, 2.24) is 5.06 Å². The van der Waals surface area contributed by atoms with Crippen LogP contribution in [0.15, 0.2) is 18.2 Å². The number of aromatic carboxylic acids is 1. The van der Waals surface area contributed by atoms with E-state index in [0.29, 0.717) is 0 Å². The predicted molar refractivity (Wildman–Crippen MR) is 76.9 cm³/mol. The van der Waals surface area contributed by atoms with Crippen LogP contribution in [0.2, 0.25) is 0 Å². The van der Waals surface area contributed by atoms with Crippen LogP contribution >= 0.6 is 0 Å². The van der Waals surface area contributed by atoms with Crippen molar-refractivity contribution in [3.05, 3.63) is 35.1 Å². The van der Waals surface area contributed by atoms with E-state index in [1.165, 1.54) is 14.0 Å². The van der Waals surface area contributed by atoms with Crippen LogP contribution in [0.3, 0.4) is 0 Å². The molecule has 0 spiro atoms. The van der Waals surface area contributed by atoms with Gasteiger partial charge in [-0.2, -0.15) is 5.06 Å². The molecule has 0 aliphatic heterocycles. The first-order valence-electron chi connectivity index (χ1n) is 6.67. The van der Waals surface area contributed by atoms with Crippen molar-refractivity contribution < 1.29 is 28.7 Å². The fourth-order valence-electron chi connectivity index (χ4n) is 1.73. The van der Waals surface area contributed by atoms with E-state index in [1.54, 1.807) is 20.8 Å². The minimum absolute atomic E-state index is 0.0912. The molecule has 122 valence electrons. The van der Waals surface area contributed by atoms with Crippen molar-refractivity contribution >= 4 is 12.1 Å². The second kappa shape index (κ2) is 6.74. The predicted octanol–water partition coefficient (Wildman–Crippen LogP) is 3.38. The van der Waals surface area contributed by atoms with Gasteiger partial charge in [-0.3, -0.25) is 4.84 Å². The minimum Gasteiger partial charge on any atom is -0.478 e. The number of carbonyl (C=O) groups is 2. The SMILES string of the molecule is CC(ON(C)C(=O)OC(C)(C)C)c1cc(F)ccc1C(=O)O. The first-order chi connectivity index (χ1) is 10.0. The highest BCUT2D eigenvalue weighted by molar-refractivity contribution is 5.89. The zero-order valence-corrected chi connectivity index (χ0v) is 13.2. The largest absolute Gasteiger partial charge is 0.478 e. The third-order valence-electron chi connectivity index (χ3n) is 2.65. The Labute approximate surface area is 128 Å². The molecule has 0 aliphatic rings. The molecule has 22 heavy (non-hydrogen) atoms. The van der Waals surface area contributed by atoms with E-state index in [9.17, 15) is 14.0 Å². The summed E-state index contributed by atoms with van der Waals surface area (Å²) in [6.45, 7) is 6.63. The maximum absolute atomic E-state index is 13.3. The van der Waals surface area contributed by atoms with E-state index >= 15 is 0 Å². The molecule has 1 aromatic carbocycles. The Hall–Kier alpha value is -2.15. The lowest BCUT2D eigenvalue weighted by Crippen LogP contribution is -2.35. The van der Waals surface area contributed by atoms with Gasteiger partial charge in [0.05, 0.1) is 5.56 Å². The van der Waals surface area contributed by atoms with Gasteiger partial charge in [0.1, 0.15) is 17.5 Å². The average molecular weight is 313 g/mol. The Morgan fingerprint density at radius 1 is 1.32 bits per heavy atom. The number of nitrogens with zero attached hydrogens (tertiary/aromatic N) is 1. The number of halogens is 1. The van der Waals surface area contributed by atoms with Gasteiger partial charge in [-0.15, -0.1) is 0 Å². The smallest absolute Gasteiger partial charge is 0.434 e. The number of amides is 1. The summed E-state index contributed by atoms with van der Waals surface area (Å²) in [5.74, 6) is -1.79.